The molecule has 0 saturated carbocycles. The van der Waals surface area contributed by atoms with Crippen molar-refractivity contribution in [2.24, 2.45) is 0 Å². The van der Waals surface area contributed by atoms with E-state index in [2.05, 4.69) is 0 Å². The van der Waals surface area contributed by atoms with Gasteiger partial charge >= 0.3 is 0 Å². The summed E-state index contributed by atoms with van der Waals surface area (Å²) >= 11 is 1.63. The van der Waals surface area contributed by atoms with Gasteiger partial charge in [0.1, 0.15) is 5.82 Å². The molecule has 0 spiro atoms. The first-order valence-corrected chi connectivity index (χ1v) is 4.56. The molecule has 0 fully saturated rings. The van der Waals surface area contributed by atoms with E-state index in [4.69, 9.17) is 0 Å². The topological polar surface area (TPSA) is 0 Å². The summed E-state index contributed by atoms with van der Waals surface area (Å²) in [6.07, 6.45) is 3.93. The van der Waals surface area contributed by atoms with Crippen LogP contribution in [0.15, 0.2) is 29.7 Å². The average Bonchev–Trinajstić information content (AvgIpc) is 2.04. The van der Waals surface area contributed by atoms with E-state index in [-0.39, 0.29) is 5.82 Å². The van der Waals surface area contributed by atoms with Crippen molar-refractivity contribution in [3.05, 3.63) is 41.1 Å². The minimum absolute atomic E-state index is 0.189. The average molecular weight is 168 g/mol. The molecular formula is C9H9FS. The molecule has 11 heavy (non-hydrogen) atoms. The zero-order valence-electron chi connectivity index (χ0n) is 6.25. The second-order valence-electron chi connectivity index (χ2n) is 2.09. The van der Waals surface area contributed by atoms with Crippen LogP contribution in [-0.4, -0.2) is 6.26 Å². The van der Waals surface area contributed by atoms with Crippen molar-refractivity contribution >= 4 is 17.8 Å². The van der Waals surface area contributed by atoms with E-state index in [0.29, 0.717) is 0 Å². The highest BCUT2D eigenvalue weighted by Crippen LogP contribution is 2.06. The van der Waals surface area contributed by atoms with E-state index >= 15 is 0 Å². The van der Waals surface area contributed by atoms with E-state index in [9.17, 15) is 4.39 Å². The zero-order chi connectivity index (χ0) is 8.10. The summed E-state index contributed by atoms with van der Waals surface area (Å²) in [5.41, 5.74) is 1.03. The first kappa shape index (κ1) is 8.34. The lowest BCUT2D eigenvalue weighted by Crippen LogP contribution is -1.72. The third-order valence-electron chi connectivity index (χ3n) is 1.27. The first-order valence-electron chi connectivity index (χ1n) is 3.28. The van der Waals surface area contributed by atoms with Crippen LogP contribution in [0.3, 0.4) is 0 Å². The van der Waals surface area contributed by atoms with Crippen molar-refractivity contribution in [2.45, 2.75) is 0 Å². The maximum atomic E-state index is 12.4. The molecule has 0 amide bonds. The maximum absolute atomic E-state index is 12.4. The molecule has 58 valence electrons. The Labute approximate surface area is 70.1 Å². The third kappa shape index (κ3) is 2.76. The van der Waals surface area contributed by atoms with Crippen LogP contribution in [0.2, 0.25) is 0 Å². The van der Waals surface area contributed by atoms with Crippen LogP contribution in [0.5, 0.6) is 0 Å². The van der Waals surface area contributed by atoms with Gasteiger partial charge < -0.3 is 0 Å². The second kappa shape index (κ2) is 4.19. The smallest absolute Gasteiger partial charge is 0.123 e. The van der Waals surface area contributed by atoms with Crippen LogP contribution >= 0.6 is 11.8 Å². The summed E-state index contributed by atoms with van der Waals surface area (Å²) in [7, 11) is 0. The molecule has 0 nitrogen and oxygen atoms in total. The molecule has 0 aliphatic heterocycles. The molecule has 0 atom stereocenters. The van der Waals surface area contributed by atoms with Crippen LogP contribution in [0.1, 0.15) is 5.56 Å². The Balaban J connectivity index is 2.73. The quantitative estimate of drug-likeness (QED) is 0.653. The zero-order valence-corrected chi connectivity index (χ0v) is 7.07. The van der Waals surface area contributed by atoms with Gasteiger partial charge in [-0.3, -0.25) is 0 Å². The molecule has 0 aliphatic carbocycles. The van der Waals surface area contributed by atoms with Gasteiger partial charge in [-0.25, -0.2) is 4.39 Å². The lowest BCUT2D eigenvalue weighted by Gasteiger charge is -1.90. The number of halogens is 1. The molecule has 0 aliphatic rings. The number of rotatable bonds is 2. The van der Waals surface area contributed by atoms with Gasteiger partial charge in [-0.15, -0.1) is 11.8 Å². The predicted molar refractivity (Wildman–Crippen MR) is 48.9 cm³/mol. The molecule has 2 heteroatoms. The van der Waals surface area contributed by atoms with Gasteiger partial charge in [0.2, 0.25) is 0 Å². The minimum atomic E-state index is -0.189. The van der Waals surface area contributed by atoms with Crippen LogP contribution < -0.4 is 0 Å². The Bertz CT molecular complexity index is 238. The van der Waals surface area contributed by atoms with Gasteiger partial charge in [0.15, 0.2) is 0 Å². The molecule has 1 aromatic rings. The highest BCUT2D eigenvalue weighted by Gasteiger charge is 1.87. The van der Waals surface area contributed by atoms with Gasteiger partial charge in [0.25, 0.3) is 0 Å². The molecule has 0 radical (unpaired) electrons. The molecule has 0 N–H and O–H groups in total. The fourth-order valence-electron chi connectivity index (χ4n) is 0.721. The Morgan fingerprint density at radius 1 is 1.27 bits per heavy atom. The third-order valence-corrected chi connectivity index (χ3v) is 1.67. The summed E-state index contributed by atoms with van der Waals surface area (Å²) in [6, 6.07) is 6.42. The first-order chi connectivity index (χ1) is 5.33. The monoisotopic (exact) mass is 168 g/mol. The highest BCUT2D eigenvalue weighted by molar-refractivity contribution is 8.01. The Hall–Kier alpha value is -0.760. The number of benzene rings is 1. The SMILES string of the molecule is CS/C=C/c1ccc(F)cc1. The van der Waals surface area contributed by atoms with Crippen LogP contribution in [-0.2, 0) is 0 Å². The molecule has 0 heterocycles. The normalized spacial score (nSPS) is 10.7. The standard InChI is InChI=1S/C9H9FS/c1-11-7-6-8-2-4-9(10)5-3-8/h2-7H,1H3/b7-6+. The summed E-state index contributed by atoms with van der Waals surface area (Å²) in [6.45, 7) is 0. The fraction of sp³-hybridized carbons (Fsp3) is 0.111. The Morgan fingerprint density at radius 3 is 2.45 bits per heavy atom. The van der Waals surface area contributed by atoms with Crippen LogP contribution in [0, 0.1) is 5.82 Å². The van der Waals surface area contributed by atoms with E-state index in [1.165, 1.54) is 12.1 Å². The van der Waals surface area contributed by atoms with Gasteiger partial charge in [-0.1, -0.05) is 12.1 Å². The Kier molecular flexibility index (Phi) is 3.17. The number of hydrogen-bond donors (Lipinski definition) is 0. The van der Waals surface area contributed by atoms with Gasteiger partial charge in [-0.2, -0.15) is 0 Å². The highest BCUT2D eigenvalue weighted by atomic mass is 32.2. The molecule has 0 aromatic heterocycles. The lowest BCUT2D eigenvalue weighted by molar-refractivity contribution is 0.628. The van der Waals surface area contributed by atoms with E-state index in [1.54, 1.807) is 23.9 Å². The molecule has 0 saturated heterocycles. The number of thioether (sulfide) groups is 1. The second-order valence-corrected chi connectivity index (χ2v) is 2.83. The van der Waals surface area contributed by atoms with E-state index < -0.39 is 0 Å². The largest absolute Gasteiger partial charge is 0.207 e. The molecule has 1 aromatic carbocycles. The predicted octanol–water partition coefficient (Wildman–Crippen LogP) is 3.16. The van der Waals surface area contributed by atoms with Crippen molar-refractivity contribution < 1.29 is 4.39 Å². The summed E-state index contributed by atoms with van der Waals surface area (Å²) in [5.74, 6) is -0.189. The Morgan fingerprint density at radius 2 is 1.91 bits per heavy atom. The van der Waals surface area contributed by atoms with E-state index in [0.717, 1.165) is 5.56 Å². The van der Waals surface area contributed by atoms with Gasteiger partial charge in [0.05, 0.1) is 0 Å². The number of hydrogen-bond acceptors (Lipinski definition) is 1. The molecule has 0 unspecified atom stereocenters. The minimum Gasteiger partial charge on any atom is -0.207 e. The van der Waals surface area contributed by atoms with Crippen molar-refractivity contribution in [3.8, 4) is 0 Å². The molecular weight excluding hydrogens is 159 g/mol. The van der Waals surface area contributed by atoms with Gasteiger partial charge in [-0.05, 0) is 35.4 Å². The van der Waals surface area contributed by atoms with Gasteiger partial charge in [0, 0.05) is 0 Å². The van der Waals surface area contributed by atoms with E-state index in [1.807, 2.05) is 17.7 Å². The van der Waals surface area contributed by atoms with Crippen molar-refractivity contribution in [1.82, 2.24) is 0 Å². The van der Waals surface area contributed by atoms with Crippen molar-refractivity contribution in [2.75, 3.05) is 6.26 Å². The van der Waals surface area contributed by atoms with Crippen molar-refractivity contribution in [1.29, 1.82) is 0 Å². The van der Waals surface area contributed by atoms with Crippen LogP contribution in [0.4, 0.5) is 4.39 Å². The van der Waals surface area contributed by atoms with Crippen molar-refractivity contribution in [3.63, 3.8) is 0 Å². The fourth-order valence-corrected chi connectivity index (χ4v) is 1.01. The lowest BCUT2D eigenvalue weighted by atomic mass is 10.2. The summed E-state index contributed by atoms with van der Waals surface area (Å²) in [4.78, 5) is 0. The van der Waals surface area contributed by atoms with Crippen LogP contribution in [0.25, 0.3) is 6.08 Å². The summed E-state index contributed by atoms with van der Waals surface area (Å²) < 4.78 is 12.4. The molecule has 0 bridgehead atoms. The summed E-state index contributed by atoms with van der Waals surface area (Å²) in [5, 5.41) is 1.97. The maximum Gasteiger partial charge on any atom is 0.123 e. The molecule has 1 rings (SSSR count).